The zero-order valence-electron chi connectivity index (χ0n) is 18.1. The first-order valence-electron chi connectivity index (χ1n) is 10.4. The number of ether oxygens (including phenoxy) is 3. The molecular formula is C23H33Cl2FN2O3. The topological polar surface area (TPSA) is 51.8 Å². The summed E-state index contributed by atoms with van der Waals surface area (Å²) in [5, 5.41) is 6.54. The summed E-state index contributed by atoms with van der Waals surface area (Å²) in [4.78, 5) is 0. The van der Waals surface area contributed by atoms with E-state index < -0.39 is 0 Å². The lowest BCUT2D eigenvalue weighted by Crippen LogP contribution is -2.38. The first-order valence-corrected chi connectivity index (χ1v) is 10.4. The van der Waals surface area contributed by atoms with Gasteiger partial charge in [-0.05, 0) is 61.8 Å². The fourth-order valence-corrected chi connectivity index (χ4v) is 3.67. The zero-order chi connectivity index (χ0) is 20.5. The van der Waals surface area contributed by atoms with Crippen molar-refractivity contribution in [3.05, 3.63) is 53.8 Å². The van der Waals surface area contributed by atoms with Gasteiger partial charge in [0.25, 0.3) is 0 Å². The summed E-state index contributed by atoms with van der Waals surface area (Å²) >= 11 is 0. The summed E-state index contributed by atoms with van der Waals surface area (Å²) < 4.78 is 29.9. The second kappa shape index (κ2) is 14.4. The van der Waals surface area contributed by atoms with E-state index in [1.54, 1.807) is 0 Å². The third-order valence-corrected chi connectivity index (χ3v) is 5.21. The van der Waals surface area contributed by atoms with Crippen molar-refractivity contribution in [2.45, 2.75) is 26.2 Å². The van der Waals surface area contributed by atoms with Crippen molar-refractivity contribution in [1.29, 1.82) is 0 Å². The monoisotopic (exact) mass is 474 g/mol. The molecule has 2 heterocycles. The normalized spacial score (nSPS) is 18.7. The Morgan fingerprint density at radius 1 is 1.03 bits per heavy atom. The molecule has 2 aliphatic rings. The van der Waals surface area contributed by atoms with Gasteiger partial charge in [0.15, 0.2) is 11.5 Å². The van der Waals surface area contributed by atoms with Crippen LogP contribution < -0.4 is 24.8 Å². The average Bonchev–Trinajstić information content (AvgIpc) is 3.22. The Balaban J connectivity index is 0.000000622. The summed E-state index contributed by atoms with van der Waals surface area (Å²) in [6.07, 6.45) is 1.03. The van der Waals surface area contributed by atoms with Gasteiger partial charge in [-0.2, -0.15) is 0 Å². The summed E-state index contributed by atoms with van der Waals surface area (Å²) in [5.74, 6) is 2.79. The van der Waals surface area contributed by atoms with Crippen LogP contribution in [0.15, 0.2) is 42.5 Å². The van der Waals surface area contributed by atoms with Gasteiger partial charge < -0.3 is 24.8 Å². The quantitative estimate of drug-likeness (QED) is 0.630. The fourth-order valence-electron chi connectivity index (χ4n) is 3.67. The molecule has 2 atom stereocenters. The van der Waals surface area contributed by atoms with Crippen LogP contribution in [0, 0.1) is 11.7 Å². The van der Waals surface area contributed by atoms with Crippen LogP contribution >= 0.6 is 24.8 Å². The molecule has 31 heavy (non-hydrogen) atoms. The molecular weight excluding hydrogens is 442 g/mol. The van der Waals surface area contributed by atoms with E-state index in [4.69, 9.17) is 14.2 Å². The molecule has 0 aromatic heterocycles. The number of benzene rings is 2. The van der Waals surface area contributed by atoms with E-state index in [0.29, 0.717) is 18.4 Å². The standard InChI is InChI=1S/C19H20FNO3.C4H11N.2ClH/c20-15-3-1-13(2-4-15)17-7-8-21-10-14(17)11-22-16-5-6-18-19(9-16)24-12-23-18;1-3-5-4-2;;/h1-6,9,14,17,21H,7-8,10-12H2;5H,3-4H2,1-2H3;2*1H. The molecule has 2 unspecified atom stereocenters. The molecule has 0 spiro atoms. The molecule has 1 fully saturated rings. The maximum absolute atomic E-state index is 13.2. The number of halogens is 3. The van der Waals surface area contributed by atoms with Crippen molar-refractivity contribution in [2.24, 2.45) is 5.92 Å². The molecule has 2 aliphatic heterocycles. The predicted molar refractivity (Wildman–Crippen MR) is 127 cm³/mol. The molecule has 0 bridgehead atoms. The van der Waals surface area contributed by atoms with Gasteiger partial charge in [-0.1, -0.05) is 26.0 Å². The molecule has 2 aromatic carbocycles. The van der Waals surface area contributed by atoms with Crippen molar-refractivity contribution in [1.82, 2.24) is 10.6 Å². The van der Waals surface area contributed by atoms with E-state index in [2.05, 4.69) is 24.5 Å². The van der Waals surface area contributed by atoms with Gasteiger partial charge >= 0.3 is 0 Å². The molecule has 2 N–H and O–H groups in total. The van der Waals surface area contributed by atoms with E-state index in [1.807, 2.05) is 30.3 Å². The summed E-state index contributed by atoms with van der Waals surface area (Å²) in [6, 6.07) is 12.5. The number of piperidine rings is 1. The van der Waals surface area contributed by atoms with Gasteiger partial charge in [0, 0.05) is 18.5 Å². The maximum Gasteiger partial charge on any atom is 0.231 e. The lowest BCUT2D eigenvalue weighted by atomic mass is 9.81. The molecule has 0 saturated carbocycles. The number of fused-ring (bicyclic) bond motifs is 1. The van der Waals surface area contributed by atoms with Gasteiger partial charge in [-0.3, -0.25) is 0 Å². The van der Waals surface area contributed by atoms with Crippen LogP contribution in [0.3, 0.4) is 0 Å². The molecule has 5 nitrogen and oxygen atoms in total. The maximum atomic E-state index is 13.2. The number of rotatable bonds is 6. The van der Waals surface area contributed by atoms with E-state index in [9.17, 15) is 4.39 Å². The smallest absolute Gasteiger partial charge is 0.231 e. The zero-order valence-corrected chi connectivity index (χ0v) is 19.7. The molecule has 1 saturated heterocycles. The van der Waals surface area contributed by atoms with E-state index >= 15 is 0 Å². The Hall–Kier alpha value is -1.73. The van der Waals surface area contributed by atoms with Crippen molar-refractivity contribution in [3.63, 3.8) is 0 Å². The van der Waals surface area contributed by atoms with Gasteiger partial charge in [-0.15, -0.1) is 24.8 Å². The van der Waals surface area contributed by atoms with Crippen molar-refractivity contribution >= 4 is 24.8 Å². The largest absolute Gasteiger partial charge is 0.493 e. The Bertz CT molecular complexity index is 763. The Morgan fingerprint density at radius 2 is 1.74 bits per heavy atom. The van der Waals surface area contributed by atoms with E-state index in [1.165, 1.54) is 17.7 Å². The van der Waals surface area contributed by atoms with Gasteiger partial charge in [0.2, 0.25) is 6.79 Å². The minimum Gasteiger partial charge on any atom is -0.493 e. The first-order chi connectivity index (χ1) is 14.2. The summed E-state index contributed by atoms with van der Waals surface area (Å²) in [5.41, 5.74) is 1.18. The highest BCUT2D eigenvalue weighted by atomic mass is 35.5. The molecule has 174 valence electrons. The SMILES string of the molecule is CCNCC.Cl.Cl.Fc1ccc(C2CCNCC2COc2ccc3c(c2)OCO3)cc1. The van der Waals surface area contributed by atoms with Crippen molar-refractivity contribution in [2.75, 3.05) is 39.6 Å². The van der Waals surface area contributed by atoms with Crippen LogP contribution in [-0.4, -0.2) is 39.6 Å². The van der Waals surface area contributed by atoms with Crippen LogP contribution in [0.1, 0.15) is 31.7 Å². The second-order valence-corrected chi connectivity index (χ2v) is 7.19. The first kappa shape index (κ1) is 27.3. The van der Waals surface area contributed by atoms with E-state index in [-0.39, 0.29) is 37.4 Å². The molecule has 0 radical (unpaired) electrons. The minimum absolute atomic E-state index is 0. The van der Waals surface area contributed by atoms with Crippen LogP contribution in [0.4, 0.5) is 4.39 Å². The van der Waals surface area contributed by atoms with Crippen molar-refractivity contribution < 1.29 is 18.6 Å². The average molecular weight is 475 g/mol. The van der Waals surface area contributed by atoms with Gasteiger partial charge in [0.05, 0.1) is 6.61 Å². The van der Waals surface area contributed by atoms with E-state index in [0.717, 1.165) is 49.8 Å². The van der Waals surface area contributed by atoms with Crippen LogP contribution in [0.25, 0.3) is 0 Å². The molecule has 2 aromatic rings. The van der Waals surface area contributed by atoms with Crippen LogP contribution in [-0.2, 0) is 0 Å². The lowest BCUT2D eigenvalue weighted by molar-refractivity contribution is 0.173. The Labute approximate surface area is 196 Å². The number of nitrogens with one attached hydrogen (secondary N) is 2. The Morgan fingerprint density at radius 3 is 2.42 bits per heavy atom. The summed E-state index contributed by atoms with van der Waals surface area (Å²) in [7, 11) is 0. The molecule has 4 rings (SSSR count). The highest BCUT2D eigenvalue weighted by molar-refractivity contribution is 5.85. The molecule has 8 heteroatoms. The third kappa shape index (κ3) is 8.04. The van der Waals surface area contributed by atoms with Gasteiger partial charge in [0.1, 0.15) is 11.6 Å². The van der Waals surface area contributed by atoms with Crippen LogP contribution in [0.2, 0.25) is 0 Å². The van der Waals surface area contributed by atoms with Gasteiger partial charge in [-0.25, -0.2) is 4.39 Å². The molecule has 0 amide bonds. The van der Waals surface area contributed by atoms with Crippen molar-refractivity contribution in [3.8, 4) is 17.2 Å². The minimum atomic E-state index is -0.194. The highest BCUT2D eigenvalue weighted by Crippen LogP contribution is 2.36. The fraction of sp³-hybridized carbons (Fsp3) is 0.478. The predicted octanol–water partition coefficient (Wildman–Crippen LogP) is 4.79. The Kier molecular flexibility index (Phi) is 12.6. The number of hydrogen-bond donors (Lipinski definition) is 2. The second-order valence-electron chi connectivity index (χ2n) is 7.19. The summed E-state index contributed by atoms with van der Waals surface area (Å²) in [6.45, 7) is 9.13. The number of hydrogen-bond acceptors (Lipinski definition) is 5. The lowest BCUT2D eigenvalue weighted by Gasteiger charge is -2.32. The highest BCUT2D eigenvalue weighted by Gasteiger charge is 2.27. The van der Waals surface area contributed by atoms with Crippen LogP contribution in [0.5, 0.6) is 17.2 Å². The third-order valence-electron chi connectivity index (χ3n) is 5.21. The molecule has 0 aliphatic carbocycles.